The fraction of sp³-hybridized carbons (Fsp3) is 0.600. The first-order valence-electron chi connectivity index (χ1n) is 7.24. The van der Waals surface area contributed by atoms with Crippen LogP contribution in [-0.4, -0.2) is 10.2 Å². The fourth-order valence-corrected chi connectivity index (χ4v) is 2.76. The molecule has 1 atom stereocenters. The zero-order chi connectivity index (χ0) is 13.7. The van der Waals surface area contributed by atoms with E-state index in [1.807, 2.05) is 6.92 Å². The van der Waals surface area contributed by atoms with Crippen LogP contribution in [0.3, 0.4) is 0 Å². The normalized spacial score (nSPS) is 17.7. The average Bonchev–Trinajstić information content (AvgIpc) is 2.69. The minimum absolute atomic E-state index is 0.0854. The molecule has 0 saturated heterocycles. The molecule has 4 heteroatoms. The molecular weight excluding hydrogens is 236 g/mol. The Hall–Kier alpha value is -1.26. The van der Waals surface area contributed by atoms with E-state index in [9.17, 15) is 0 Å². The number of nitrogens with zero attached hydrogens (tertiary/aromatic N) is 2. The van der Waals surface area contributed by atoms with Crippen LogP contribution in [0.1, 0.15) is 62.0 Å². The molecule has 1 aliphatic carbocycles. The molecule has 0 radical (unpaired) electrons. The molecule has 4 nitrogen and oxygen atoms in total. The molecule has 3 N–H and O–H groups in total. The Kier molecular flexibility index (Phi) is 5.05. The van der Waals surface area contributed by atoms with Crippen LogP contribution in [0.25, 0.3) is 0 Å². The number of nitrogens with two attached hydrogens (primary N) is 1. The zero-order valence-corrected chi connectivity index (χ0v) is 11.9. The summed E-state index contributed by atoms with van der Waals surface area (Å²) in [7, 11) is 0. The molecule has 0 amide bonds. The first-order valence-corrected chi connectivity index (χ1v) is 7.24. The van der Waals surface area contributed by atoms with Gasteiger partial charge in [-0.1, -0.05) is 25.0 Å². The highest BCUT2D eigenvalue weighted by Crippen LogP contribution is 2.30. The highest BCUT2D eigenvalue weighted by molar-refractivity contribution is 5.32. The van der Waals surface area contributed by atoms with E-state index in [4.69, 9.17) is 5.84 Å². The monoisotopic (exact) mass is 260 g/mol. The molecular formula is C15H24N4. The van der Waals surface area contributed by atoms with Gasteiger partial charge in [-0.2, -0.15) is 10.2 Å². The Morgan fingerprint density at radius 1 is 1.32 bits per heavy atom. The highest BCUT2D eigenvalue weighted by Gasteiger charge is 2.20. The van der Waals surface area contributed by atoms with Crippen LogP contribution in [0, 0.1) is 6.92 Å². The number of aromatic nitrogens is 2. The van der Waals surface area contributed by atoms with Crippen LogP contribution in [0.4, 0.5) is 0 Å². The summed E-state index contributed by atoms with van der Waals surface area (Å²) in [4.78, 5) is 0. The van der Waals surface area contributed by atoms with Crippen molar-refractivity contribution in [1.82, 2.24) is 15.6 Å². The van der Waals surface area contributed by atoms with E-state index in [0.29, 0.717) is 0 Å². The van der Waals surface area contributed by atoms with Crippen LogP contribution < -0.4 is 11.3 Å². The van der Waals surface area contributed by atoms with Crippen LogP contribution in [-0.2, 0) is 6.42 Å². The van der Waals surface area contributed by atoms with Crippen molar-refractivity contribution in [3.63, 3.8) is 0 Å². The van der Waals surface area contributed by atoms with Gasteiger partial charge in [0.1, 0.15) is 0 Å². The maximum atomic E-state index is 5.82. The van der Waals surface area contributed by atoms with Crippen LogP contribution in [0.2, 0.25) is 0 Å². The SMILES string of the molecule is CCc1nnc(C)cc1C(NN)C1=CCCCCC1. The van der Waals surface area contributed by atoms with E-state index in [2.05, 4.69) is 34.7 Å². The van der Waals surface area contributed by atoms with Gasteiger partial charge < -0.3 is 0 Å². The smallest absolute Gasteiger partial charge is 0.0689 e. The second-order valence-corrected chi connectivity index (χ2v) is 5.22. The molecule has 19 heavy (non-hydrogen) atoms. The van der Waals surface area contributed by atoms with Gasteiger partial charge in [0.05, 0.1) is 17.4 Å². The second kappa shape index (κ2) is 6.78. The van der Waals surface area contributed by atoms with Crippen LogP contribution in [0.5, 0.6) is 0 Å². The molecule has 1 heterocycles. The fourth-order valence-electron chi connectivity index (χ4n) is 2.76. The standard InChI is InChI=1S/C15H24N4/c1-3-14-13(10-11(2)18-19-14)15(17-16)12-8-6-4-5-7-9-12/h8,10,15,17H,3-7,9,16H2,1-2H3. The van der Waals surface area contributed by atoms with Crippen LogP contribution in [0.15, 0.2) is 17.7 Å². The number of aryl methyl sites for hydroxylation is 2. The second-order valence-electron chi connectivity index (χ2n) is 5.22. The van der Waals surface area contributed by atoms with E-state index >= 15 is 0 Å². The molecule has 0 aromatic carbocycles. The Labute approximate surface area is 115 Å². The molecule has 1 aromatic heterocycles. The van der Waals surface area contributed by atoms with Gasteiger partial charge in [0.25, 0.3) is 0 Å². The van der Waals surface area contributed by atoms with Gasteiger partial charge in [-0.25, -0.2) is 5.43 Å². The zero-order valence-electron chi connectivity index (χ0n) is 11.9. The third-order valence-electron chi connectivity index (χ3n) is 3.79. The van der Waals surface area contributed by atoms with E-state index in [0.717, 1.165) is 30.7 Å². The first-order chi connectivity index (χ1) is 9.26. The summed E-state index contributed by atoms with van der Waals surface area (Å²) in [6.07, 6.45) is 9.37. The van der Waals surface area contributed by atoms with Crippen molar-refractivity contribution in [3.8, 4) is 0 Å². The topological polar surface area (TPSA) is 63.8 Å². The Balaban J connectivity index is 2.35. The van der Waals surface area contributed by atoms with Gasteiger partial charge >= 0.3 is 0 Å². The summed E-state index contributed by atoms with van der Waals surface area (Å²) in [5.41, 5.74) is 7.56. The summed E-state index contributed by atoms with van der Waals surface area (Å²) < 4.78 is 0. The van der Waals surface area contributed by atoms with Gasteiger partial charge in [0.15, 0.2) is 0 Å². The summed E-state index contributed by atoms with van der Waals surface area (Å²) in [6, 6.07) is 2.20. The van der Waals surface area contributed by atoms with Gasteiger partial charge in [0, 0.05) is 0 Å². The number of nitrogens with one attached hydrogen (secondary N) is 1. The lowest BCUT2D eigenvalue weighted by Gasteiger charge is -2.21. The first kappa shape index (κ1) is 14.2. The van der Waals surface area contributed by atoms with E-state index < -0.39 is 0 Å². The molecule has 2 rings (SSSR count). The molecule has 0 bridgehead atoms. The lowest BCUT2D eigenvalue weighted by molar-refractivity contribution is 0.582. The van der Waals surface area contributed by atoms with Crippen molar-refractivity contribution in [2.45, 2.75) is 58.4 Å². The number of hydrazine groups is 1. The van der Waals surface area contributed by atoms with Gasteiger partial charge in [-0.15, -0.1) is 0 Å². The summed E-state index contributed by atoms with van der Waals surface area (Å²) in [6.45, 7) is 4.09. The molecule has 0 saturated carbocycles. The maximum Gasteiger partial charge on any atom is 0.0689 e. The summed E-state index contributed by atoms with van der Waals surface area (Å²) in [5.74, 6) is 5.82. The molecule has 104 valence electrons. The highest BCUT2D eigenvalue weighted by atomic mass is 15.2. The Morgan fingerprint density at radius 2 is 2.16 bits per heavy atom. The van der Waals surface area contributed by atoms with Crippen molar-refractivity contribution >= 4 is 0 Å². The minimum atomic E-state index is 0.0854. The van der Waals surface area contributed by atoms with Crippen molar-refractivity contribution in [3.05, 3.63) is 34.7 Å². The Morgan fingerprint density at radius 3 is 2.89 bits per heavy atom. The van der Waals surface area contributed by atoms with E-state index in [1.54, 1.807) is 0 Å². The quantitative estimate of drug-likeness (QED) is 0.496. The van der Waals surface area contributed by atoms with Gasteiger partial charge in [-0.05, 0) is 50.7 Å². The van der Waals surface area contributed by atoms with Crippen molar-refractivity contribution in [1.29, 1.82) is 0 Å². The maximum absolute atomic E-state index is 5.82. The molecule has 1 unspecified atom stereocenters. The average molecular weight is 260 g/mol. The van der Waals surface area contributed by atoms with Gasteiger partial charge in [-0.3, -0.25) is 5.84 Å². The third-order valence-corrected chi connectivity index (χ3v) is 3.79. The van der Waals surface area contributed by atoms with Crippen LogP contribution >= 0.6 is 0 Å². The number of hydrogen-bond acceptors (Lipinski definition) is 4. The third kappa shape index (κ3) is 3.39. The largest absolute Gasteiger partial charge is 0.271 e. The van der Waals surface area contributed by atoms with E-state index in [1.165, 1.54) is 30.4 Å². The lowest BCUT2D eigenvalue weighted by Crippen LogP contribution is -2.30. The molecule has 0 aliphatic heterocycles. The van der Waals surface area contributed by atoms with Crippen molar-refractivity contribution in [2.24, 2.45) is 5.84 Å². The van der Waals surface area contributed by atoms with Gasteiger partial charge in [0.2, 0.25) is 0 Å². The molecule has 1 aromatic rings. The minimum Gasteiger partial charge on any atom is -0.271 e. The number of rotatable bonds is 4. The van der Waals surface area contributed by atoms with E-state index in [-0.39, 0.29) is 6.04 Å². The number of allylic oxidation sites excluding steroid dienone is 1. The molecule has 0 fully saturated rings. The molecule has 0 spiro atoms. The Bertz CT molecular complexity index is 453. The number of hydrogen-bond donors (Lipinski definition) is 2. The lowest BCUT2D eigenvalue weighted by atomic mass is 9.93. The predicted octanol–water partition coefficient (Wildman–Crippen LogP) is 2.74. The predicted molar refractivity (Wildman–Crippen MR) is 77.4 cm³/mol. The van der Waals surface area contributed by atoms with Crippen molar-refractivity contribution < 1.29 is 0 Å². The summed E-state index contributed by atoms with van der Waals surface area (Å²) in [5, 5.41) is 8.46. The molecule has 1 aliphatic rings. The summed E-state index contributed by atoms with van der Waals surface area (Å²) >= 11 is 0. The van der Waals surface area contributed by atoms with Crippen molar-refractivity contribution in [2.75, 3.05) is 0 Å².